The highest BCUT2D eigenvalue weighted by Crippen LogP contribution is 2.33. The Labute approximate surface area is 166 Å². The molecule has 28 heavy (non-hydrogen) atoms. The summed E-state index contributed by atoms with van der Waals surface area (Å²) in [6, 6.07) is 9.54. The van der Waals surface area contributed by atoms with Crippen LogP contribution in [0.15, 0.2) is 52.5 Å². The van der Waals surface area contributed by atoms with Gasteiger partial charge in [0.05, 0.1) is 17.7 Å². The molecule has 0 saturated carbocycles. The first kappa shape index (κ1) is 19.2. The lowest BCUT2D eigenvalue weighted by Crippen LogP contribution is -2.54. The largest absolute Gasteiger partial charge is 0.490 e. The molecular formula is C18H12BrN3O6. The molecule has 142 valence electrons. The number of rotatable bonds is 4. The van der Waals surface area contributed by atoms with Crippen molar-refractivity contribution >= 4 is 51.2 Å². The van der Waals surface area contributed by atoms with Crippen molar-refractivity contribution in [1.29, 1.82) is 0 Å². The van der Waals surface area contributed by atoms with Gasteiger partial charge >= 0.3 is 11.7 Å². The van der Waals surface area contributed by atoms with E-state index in [-0.39, 0.29) is 28.3 Å². The van der Waals surface area contributed by atoms with Gasteiger partial charge in [0.1, 0.15) is 5.57 Å². The van der Waals surface area contributed by atoms with Gasteiger partial charge in [-0.3, -0.25) is 25.0 Å². The van der Waals surface area contributed by atoms with Crippen molar-refractivity contribution in [3.05, 3.63) is 68.2 Å². The first-order valence-electron chi connectivity index (χ1n) is 7.82. The molecule has 1 aliphatic rings. The summed E-state index contributed by atoms with van der Waals surface area (Å²) in [5.74, 6) is -1.87. The highest BCUT2D eigenvalue weighted by molar-refractivity contribution is 9.10. The quantitative estimate of drug-likeness (QED) is 0.334. The number of nitrogens with one attached hydrogen (secondary N) is 1. The number of methoxy groups -OCH3 is 1. The number of nitro benzene ring substituents is 1. The van der Waals surface area contributed by atoms with Crippen molar-refractivity contribution in [2.24, 2.45) is 0 Å². The molecule has 4 amide bonds. The summed E-state index contributed by atoms with van der Waals surface area (Å²) in [6.07, 6.45) is 1.15. The summed E-state index contributed by atoms with van der Waals surface area (Å²) in [6.45, 7) is 0. The van der Waals surface area contributed by atoms with Gasteiger partial charge in [0.15, 0.2) is 0 Å². The molecule has 0 unspecified atom stereocenters. The van der Waals surface area contributed by atoms with E-state index in [2.05, 4.69) is 21.2 Å². The summed E-state index contributed by atoms with van der Waals surface area (Å²) in [5.41, 5.74) is -0.266. The molecule has 1 fully saturated rings. The average molecular weight is 446 g/mol. The number of amides is 4. The summed E-state index contributed by atoms with van der Waals surface area (Å²) < 4.78 is 5.83. The molecule has 0 bridgehead atoms. The summed E-state index contributed by atoms with van der Waals surface area (Å²) in [4.78, 5) is 48.6. The topological polar surface area (TPSA) is 119 Å². The number of nitro groups is 1. The van der Waals surface area contributed by atoms with Crippen LogP contribution in [0.4, 0.5) is 16.2 Å². The first-order valence-corrected chi connectivity index (χ1v) is 8.61. The SMILES string of the molecule is COc1c(/C=C2\C(=O)NC(=O)N(c3ccc(Br)cc3)C2=O)cccc1[N+](=O)[O-]. The third-order valence-corrected chi connectivity index (χ3v) is 4.44. The van der Waals surface area contributed by atoms with Crippen molar-refractivity contribution < 1.29 is 24.0 Å². The second-order valence-electron chi connectivity index (χ2n) is 5.59. The monoisotopic (exact) mass is 445 g/mol. The lowest BCUT2D eigenvalue weighted by atomic mass is 10.1. The Balaban J connectivity index is 2.08. The molecule has 1 heterocycles. The van der Waals surface area contributed by atoms with Crippen LogP contribution in [0.25, 0.3) is 6.08 Å². The summed E-state index contributed by atoms with van der Waals surface area (Å²) in [7, 11) is 1.24. The molecule has 2 aromatic carbocycles. The van der Waals surface area contributed by atoms with E-state index in [1.54, 1.807) is 12.1 Å². The van der Waals surface area contributed by atoms with E-state index in [0.717, 1.165) is 15.4 Å². The number of nitrogens with zero attached hydrogens (tertiary/aromatic N) is 2. The van der Waals surface area contributed by atoms with Gasteiger partial charge in [0, 0.05) is 16.1 Å². The second kappa shape index (κ2) is 7.61. The normalized spacial score (nSPS) is 15.6. The number of hydrogen-bond donors (Lipinski definition) is 1. The number of carbonyl (C=O) groups excluding carboxylic acids is 3. The van der Waals surface area contributed by atoms with Gasteiger partial charge in [0.25, 0.3) is 11.8 Å². The van der Waals surface area contributed by atoms with Crippen molar-refractivity contribution in [2.45, 2.75) is 0 Å². The van der Waals surface area contributed by atoms with Crippen LogP contribution < -0.4 is 15.0 Å². The van der Waals surface area contributed by atoms with Gasteiger partial charge in [-0.1, -0.05) is 28.1 Å². The highest BCUT2D eigenvalue weighted by atomic mass is 79.9. The van der Waals surface area contributed by atoms with Crippen LogP contribution in [0.1, 0.15) is 5.56 Å². The molecule has 0 atom stereocenters. The maximum atomic E-state index is 12.8. The number of carbonyl (C=O) groups is 3. The number of para-hydroxylation sites is 1. The molecule has 9 nitrogen and oxygen atoms in total. The lowest BCUT2D eigenvalue weighted by molar-refractivity contribution is -0.385. The van der Waals surface area contributed by atoms with Crippen molar-refractivity contribution in [2.75, 3.05) is 12.0 Å². The Kier molecular flexibility index (Phi) is 5.23. The van der Waals surface area contributed by atoms with Crippen LogP contribution in [0, 0.1) is 10.1 Å². The van der Waals surface area contributed by atoms with Gasteiger partial charge in [-0.05, 0) is 30.3 Å². The van der Waals surface area contributed by atoms with Crippen molar-refractivity contribution in [3.8, 4) is 5.75 Å². The standard InChI is InChI=1S/C18H12BrN3O6/c1-28-15-10(3-2-4-14(15)22(26)27)9-13-16(23)20-18(25)21(17(13)24)12-7-5-11(19)6-8-12/h2-9H,1H3,(H,20,23,25)/b13-9+. The zero-order valence-electron chi connectivity index (χ0n) is 14.3. The third kappa shape index (κ3) is 3.49. The molecule has 1 N–H and O–H groups in total. The van der Waals surface area contributed by atoms with E-state index in [9.17, 15) is 24.5 Å². The predicted octanol–water partition coefficient (Wildman–Crippen LogP) is 3.03. The van der Waals surface area contributed by atoms with Gasteiger partial charge in [-0.2, -0.15) is 0 Å². The Morgan fingerprint density at radius 3 is 2.43 bits per heavy atom. The van der Waals surface area contributed by atoms with E-state index in [1.165, 1.54) is 37.4 Å². The fraction of sp³-hybridized carbons (Fsp3) is 0.0556. The van der Waals surface area contributed by atoms with Crippen molar-refractivity contribution in [1.82, 2.24) is 5.32 Å². The number of benzene rings is 2. The molecule has 0 aromatic heterocycles. The Morgan fingerprint density at radius 2 is 1.82 bits per heavy atom. The molecule has 2 aromatic rings. The number of barbiturate groups is 1. The van der Waals surface area contributed by atoms with Crippen molar-refractivity contribution in [3.63, 3.8) is 0 Å². The maximum absolute atomic E-state index is 12.8. The van der Waals surface area contributed by atoms with E-state index in [1.807, 2.05) is 0 Å². The predicted molar refractivity (Wildman–Crippen MR) is 103 cm³/mol. The van der Waals surface area contributed by atoms with Crippen LogP contribution in [-0.4, -0.2) is 29.9 Å². The summed E-state index contributed by atoms with van der Waals surface area (Å²) in [5, 5.41) is 13.3. The Bertz CT molecular complexity index is 1030. The zero-order valence-corrected chi connectivity index (χ0v) is 15.9. The number of halogens is 1. The minimum atomic E-state index is -0.906. The Morgan fingerprint density at radius 1 is 1.14 bits per heavy atom. The smallest absolute Gasteiger partial charge is 0.335 e. The van der Waals surface area contributed by atoms with Crippen LogP contribution in [0.5, 0.6) is 5.75 Å². The maximum Gasteiger partial charge on any atom is 0.335 e. The highest BCUT2D eigenvalue weighted by Gasteiger charge is 2.37. The molecule has 3 rings (SSSR count). The van der Waals surface area contributed by atoms with E-state index in [4.69, 9.17) is 4.74 Å². The molecule has 10 heteroatoms. The van der Waals surface area contributed by atoms with E-state index in [0.29, 0.717) is 0 Å². The van der Waals surface area contributed by atoms with Crippen LogP contribution in [0.2, 0.25) is 0 Å². The number of imide groups is 2. The van der Waals surface area contributed by atoms with Gasteiger partial charge in [-0.25, -0.2) is 9.69 Å². The average Bonchev–Trinajstić information content (AvgIpc) is 2.66. The molecule has 0 aliphatic carbocycles. The van der Waals surface area contributed by atoms with E-state index >= 15 is 0 Å². The molecular weight excluding hydrogens is 434 g/mol. The van der Waals surface area contributed by atoms with Crippen LogP contribution >= 0.6 is 15.9 Å². The summed E-state index contributed by atoms with van der Waals surface area (Å²) >= 11 is 3.26. The molecule has 1 saturated heterocycles. The minimum absolute atomic E-state index is 0.104. The van der Waals surface area contributed by atoms with Crippen LogP contribution in [0.3, 0.4) is 0 Å². The van der Waals surface area contributed by atoms with Gasteiger partial charge < -0.3 is 4.74 Å². The first-order chi connectivity index (χ1) is 13.3. The zero-order chi connectivity index (χ0) is 20.4. The molecule has 0 radical (unpaired) electrons. The Hall–Kier alpha value is -3.53. The van der Waals surface area contributed by atoms with Gasteiger partial charge in [0.2, 0.25) is 5.75 Å². The second-order valence-corrected chi connectivity index (χ2v) is 6.51. The number of ether oxygens (including phenoxy) is 1. The minimum Gasteiger partial charge on any atom is -0.490 e. The number of urea groups is 1. The van der Waals surface area contributed by atoms with Gasteiger partial charge in [-0.15, -0.1) is 0 Å². The number of hydrogen-bond acceptors (Lipinski definition) is 6. The molecule has 1 aliphatic heterocycles. The number of anilines is 1. The third-order valence-electron chi connectivity index (χ3n) is 3.91. The molecule has 0 spiro atoms. The fourth-order valence-electron chi connectivity index (χ4n) is 2.66. The fourth-order valence-corrected chi connectivity index (χ4v) is 2.92. The van der Waals surface area contributed by atoms with E-state index < -0.39 is 22.8 Å². The van der Waals surface area contributed by atoms with Crippen LogP contribution in [-0.2, 0) is 9.59 Å². The lowest BCUT2D eigenvalue weighted by Gasteiger charge is -2.26.